The largest absolute Gasteiger partial charge is 0.454 e. The molecule has 0 aromatic rings. The first-order valence-corrected chi connectivity index (χ1v) is 5.60. The van der Waals surface area contributed by atoms with Crippen LogP contribution in [0.4, 0.5) is 0 Å². The molecule has 1 unspecified atom stereocenters. The monoisotopic (exact) mass is 260 g/mol. The SMILES string of the molecule is C=CC(C=C)OC(=O)CCCC(C)Br. The smallest absolute Gasteiger partial charge is 0.306 e. The molecule has 0 amide bonds. The summed E-state index contributed by atoms with van der Waals surface area (Å²) in [7, 11) is 0. The van der Waals surface area contributed by atoms with E-state index >= 15 is 0 Å². The Kier molecular flexibility index (Phi) is 7.48. The van der Waals surface area contributed by atoms with Crippen molar-refractivity contribution < 1.29 is 9.53 Å². The Morgan fingerprint density at radius 2 is 2.07 bits per heavy atom. The first-order valence-electron chi connectivity index (χ1n) is 4.68. The summed E-state index contributed by atoms with van der Waals surface area (Å²) in [5.41, 5.74) is 0. The van der Waals surface area contributed by atoms with Crippen LogP contribution in [0.1, 0.15) is 26.2 Å². The van der Waals surface area contributed by atoms with E-state index in [1.54, 1.807) is 12.2 Å². The Morgan fingerprint density at radius 1 is 1.50 bits per heavy atom. The molecule has 0 bridgehead atoms. The Hall–Kier alpha value is -0.570. The summed E-state index contributed by atoms with van der Waals surface area (Å²) in [6.07, 6.45) is 5.02. The summed E-state index contributed by atoms with van der Waals surface area (Å²) in [6.45, 7) is 9.13. The molecule has 0 saturated heterocycles. The zero-order valence-electron chi connectivity index (χ0n) is 8.54. The first-order chi connectivity index (χ1) is 6.60. The van der Waals surface area contributed by atoms with Crippen LogP contribution in [-0.4, -0.2) is 16.9 Å². The molecule has 14 heavy (non-hydrogen) atoms. The van der Waals surface area contributed by atoms with Crippen molar-refractivity contribution in [3.8, 4) is 0 Å². The molecule has 0 radical (unpaired) electrons. The maximum absolute atomic E-state index is 11.2. The van der Waals surface area contributed by atoms with Gasteiger partial charge in [-0.05, 0) is 25.0 Å². The van der Waals surface area contributed by atoms with Crippen molar-refractivity contribution in [3.05, 3.63) is 25.3 Å². The van der Waals surface area contributed by atoms with Gasteiger partial charge in [-0.2, -0.15) is 0 Å². The lowest BCUT2D eigenvalue weighted by Crippen LogP contribution is -2.13. The highest BCUT2D eigenvalue weighted by Crippen LogP contribution is 2.09. The number of esters is 1. The van der Waals surface area contributed by atoms with E-state index in [1.165, 1.54) is 0 Å². The average Bonchev–Trinajstić information content (AvgIpc) is 2.13. The van der Waals surface area contributed by atoms with E-state index in [9.17, 15) is 4.79 Å². The minimum atomic E-state index is -0.358. The van der Waals surface area contributed by atoms with Crippen LogP contribution >= 0.6 is 15.9 Å². The third kappa shape index (κ3) is 6.89. The second kappa shape index (κ2) is 7.80. The Labute approximate surface area is 94.2 Å². The fourth-order valence-corrected chi connectivity index (χ4v) is 1.25. The molecule has 0 heterocycles. The molecule has 0 spiro atoms. The molecule has 0 rings (SSSR count). The predicted octanol–water partition coefficient (Wildman–Crippen LogP) is 3.22. The van der Waals surface area contributed by atoms with E-state index < -0.39 is 0 Å². The van der Waals surface area contributed by atoms with Gasteiger partial charge in [-0.3, -0.25) is 4.79 Å². The first kappa shape index (κ1) is 13.4. The van der Waals surface area contributed by atoms with Gasteiger partial charge in [0, 0.05) is 11.2 Å². The van der Waals surface area contributed by atoms with Gasteiger partial charge in [-0.1, -0.05) is 36.0 Å². The third-order valence-corrected chi connectivity index (χ3v) is 2.17. The molecule has 2 nitrogen and oxygen atoms in total. The summed E-state index contributed by atoms with van der Waals surface area (Å²) < 4.78 is 5.04. The van der Waals surface area contributed by atoms with Crippen LogP contribution in [0.5, 0.6) is 0 Å². The highest BCUT2D eigenvalue weighted by atomic mass is 79.9. The molecular formula is C11H17BrO2. The van der Waals surface area contributed by atoms with Crippen LogP contribution in [0, 0.1) is 0 Å². The average molecular weight is 261 g/mol. The molecule has 0 aliphatic carbocycles. The highest BCUT2D eigenvalue weighted by molar-refractivity contribution is 9.09. The molecular weight excluding hydrogens is 244 g/mol. The molecule has 0 aliphatic heterocycles. The van der Waals surface area contributed by atoms with Crippen molar-refractivity contribution in [2.75, 3.05) is 0 Å². The number of hydrogen-bond donors (Lipinski definition) is 0. The number of alkyl halides is 1. The molecule has 1 atom stereocenters. The number of carbonyl (C=O) groups is 1. The Bertz CT molecular complexity index is 191. The molecule has 0 fully saturated rings. The van der Waals surface area contributed by atoms with Gasteiger partial charge in [0.15, 0.2) is 0 Å². The highest BCUT2D eigenvalue weighted by Gasteiger charge is 2.07. The topological polar surface area (TPSA) is 26.3 Å². The third-order valence-electron chi connectivity index (χ3n) is 1.71. The van der Waals surface area contributed by atoms with Crippen LogP contribution in [0.3, 0.4) is 0 Å². The van der Waals surface area contributed by atoms with Crippen molar-refractivity contribution in [1.29, 1.82) is 0 Å². The summed E-state index contributed by atoms with van der Waals surface area (Å²) >= 11 is 3.42. The quantitative estimate of drug-likeness (QED) is 0.399. The van der Waals surface area contributed by atoms with E-state index in [4.69, 9.17) is 4.74 Å². The maximum atomic E-state index is 11.2. The predicted molar refractivity (Wildman–Crippen MR) is 62.5 cm³/mol. The van der Waals surface area contributed by atoms with E-state index in [0.29, 0.717) is 11.2 Å². The molecule has 0 aromatic carbocycles. The Balaban J connectivity index is 3.64. The van der Waals surface area contributed by atoms with Gasteiger partial charge in [0.05, 0.1) is 0 Å². The van der Waals surface area contributed by atoms with Crippen molar-refractivity contribution in [2.24, 2.45) is 0 Å². The number of ether oxygens (including phenoxy) is 1. The number of hydrogen-bond acceptors (Lipinski definition) is 2. The number of carbonyl (C=O) groups excluding carboxylic acids is 1. The van der Waals surface area contributed by atoms with Crippen molar-refractivity contribution in [3.63, 3.8) is 0 Å². The van der Waals surface area contributed by atoms with Gasteiger partial charge >= 0.3 is 5.97 Å². The van der Waals surface area contributed by atoms with Crippen LogP contribution < -0.4 is 0 Å². The van der Waals surface area contributed by atoms with Gasteiger partial charge in [-0.15, -0.1) is 0 Å². The van der Waals surface area contributed by atoms with E-state index in [-0.39, 0.29) is 12.1 Å². The van der Waals surface area contributed by atoms with Gasteiger partial charge in [0.2, 0.25) is 0 Å². The maximum Gasteiger partial charge on any atom is 0.306 e. The summed E-state index contributed by atoms with van der Waals surface area (Å²) in [5.74, 6) is -0.192. The minimum Gasteiger partial charge on any atom is -0.454 e. The van der Waals surface area contributed by atoms with Gasteiger partial charge in [0.25, 0.3) is 0 Å². The molecule has 80 valence electrons. The van der Waals surface area contributed by atoms with Crippen LogP contribution in [-0.2, 0) is 9.53 Å². The second-order valence-electron chi connectivity index (χ2n) is 3.10. The Morgan fingerprint density at radius 3 is 2.50 bits per heavy atom. The lowest BCUT2D eigenvalue weighted by atomic mass is 10.2. The summed E-state index contributed by atoms with van der Waals surface area (Å²) in [6, 6.07) is 0. The molecule has 0 aromatic heterocycles. The van der Waals surface area contributed by atoms with Gasteiger partial charge in [0.1, 0.15) is 6.10 Å². The lowest BCUT2D eigenvalue weighted by Gasteiger charge is -2.09. The van der Waals surface area contributed by atoms with Gasteiger partial charge < -0.3 is 4.74 Å². The molecule has 0 aliphatic rings. The zero-order chi connectivity index (χ0) is 11.0. The van der Waals surface area contributed by atoms with Crippen LogP contribution in [0.15, 0.2) is 25.3 Å². The van der Waals surface area contributed by atoms with E-state index in [0.717, 1.165) is 12.8 Å². The standard InChI is InChI=1S/C11H17BrO2/c1-4-10(5-2)14-11(13)8-6-7-9(3)12/h4-5,9-10H,1-2,6-8H2,3H3. The fourth-order valence-electron chi connectivity index (χ4n) is 0.931. The number of rotatable bonds is 7. The number of halogens is 1. The zero-order valence-corrected chi connectivity index (χ0v) is 10.1. The van der Waals surface area contributed by atoms with E-state index in [2.05, 4.69) is 36.0 Å². The minimum absolute atomic E-state index is 0.192. The van der Waals surface area contributed by atoms with Gasteiger partial charge in [-0.25, -0.2) is 0 Å². The second-order valence-corrected chi connectivity index (χ2v) is 4.66. The summed E-state index contributed by atoms with van der Waals surface area (Å²) in [4.78, 5) is 11.7. The molecule has 0 N–H and O–H groups in total. The normalized spacial score (nSPS) is 12.2. The molecule has 3 heteroatoms. The van der Waals surface area contributed by atoms with Crippen molar-refractivity contribution in [1.82, 2.24) is 0 Å². The summed E-state index contributed by atoms with van der Waals surface area (Å²) in [5, 5.41) is 0. The van der Waals surface area contributed by atoms with Crippen molar-refractivity contribution >= 4 is 21.9 Å². The van der Waals surface area contributed by atoms with Crippen molar-refractivity contribution in [2.45, 2.75) is 37.1 Å². The van der Waals surface area contributed by atoms with Crippen LogP contribution in [0.2, 0.25) is 0 Å². The fraction of sp³-hybridized carbons (Fsp3) is 0.545. The van der Waals surface area contributed by atoms with Crippen LogP contribution in [0.25, 0.3) is 0 Å². The van der Waals surface area contributed by atoms with E-state index in [1.807, 2.05) is 0 Å². The lowest BCUT2D eigenvalue weighted by molar-refractivity contribution is -0.145. The molecule has 0 saturated carbocycles.